The molecule has 4 rings (SSSR count). The van der Waals surface area contributed by atoms with Crippen molar-refractivity contribution in [1.29, 1.82) is 0 Å². The maximum atomic E-state index is 13.7. The van der Waals surface area contributed by atoms with Gasteiger partial charge >= 0.3 is 0 Å². The van der Waals surface area contributed by atoms with E-state index >= 15 is 0 Å². The van der Waals surface area contributed by atoms with Gasteiger partial charge in [0.25, 0.3) is 11.5 Å². The molecule has 1 saturated heterocycles. The van der Waals surface area contributed by atoms with Gasteiger partial charge in [-0.15, -0.1) is 0 Å². The summed E-state index contributed by atoms with van der Waals surface area (Å²) in [6.07, 6.45) is 3.18. The van der Waals surface area contributed by atoms with Crippen LogP contribution in [-0.2, 0) is 17.8 Å². The van der Waals surface area contributed by atoms with Gasteiger partial charge in [-0.25, -0.2) is 4.39 Å². The Bertz CT molecular complexity index is 1260. The fourth-order valence-electron chi connectivity index (χ4n) is 4.51. The Balaban J connectivity index is 1.31. The molecule has 0 unspecified atom stereocenters. The Morgan fingerprint density at radius 1 is 1.03 bits per heavy atom. The number of amides is 2. The van der Waals surface area contributed by atoms with Crippen LogP contribution in [0.25, 0.3) is 0 Å². The highest BCUT2D eigenvalue weighted by Gasteiger charge is 2.28. The zero-order valence-corrected chi connectivity index (χ0v) is 19.9. The number of likely N-dealkylation sites (tertiary alicyclic amines) is 1. The van der Waals surface area contributed by atoms with Gasteiger partial charge in [0.05, 0.1) is 6.54 Å². The number of aromatic nitrogens is 1. The minimum atomic E-state index is -0.313. The average molecular weight is 476 g/mol. The van der Waals surface area contributed by atoms with Crippen LogP contribution in [0.4, 0.5) is 4.39 Å². The first kappa shape index (κ1) is 24.4. The third-order valence-electron chi connectivity index (χ3n) is 6.49. The van der Waals surface area contributed by atoms with Crippen molar-refractivity contribution in [3.63, 3.8) is 0 Å². The number of rotatable bonds is 7. The van der Waals surface area contributed by atoms with Gasteiger partial charge in [0.2, 0.25) is 5.91 Å². The number of pyridine rings is 1. The lowest BCUT2D eigenvalue weighted by Crippen LogP contribution is -2.44. The first-order chi connectivity index (χ1) is 16.9. The van der Waals surface area contributed by atoms with Gasteiger partial charge in [0, 0.05) is 31.7 Å². The molecule has 7 heteroatoms. The number of nitrogens with one attached hydrogen (secondary N) is 1. The Kier molecular flexibility index (Phi) is 7.75. The van der Waals surface area contributed by atoms with Crippen molar-refractivity contribution >= 4 is 11.8 Å². The van der Waals surface area contributed by atoms with E-state index in [0.29, 0.717) is 51.0 Å². The van der Waals surface area contributed by atoms with Crippen LogP contribution < -0.4 is 10.9 Å². The van der Waals surface area contributed by atoms with Crippen molar-refractivity contribution in [2.45, 2.75) is 32.7 Å². The third-order valence-corrected chi connectivity index (χ3v) is 6.49. The Morgan fingerprint density at radius 3 is 2.54 bits per heavy atom. The summed E-state index contributed by atoms with van der Waals surface area (Å²) in [7, 11) is 0. The highest BCUT2D eigenvalue weighted by molar-refractivity contribution is 5.94. The molecule has 1 N–H and O–H groups in total. The third kappa shape index (κ3) is 6.04. The van der Waals surface area contributed by atoms with Crippen LogP contribution in [0, 0.1) is 18.7 Å². The summed E-state index contributed by atoms with van der Waals surface area (Å²) < 4.78 is 15.3. The minimum Gasteiger partial charge on any atom is -0.356 e. The Labute approximate surface area is 204 Å². The fraction of sp³-hybridized carbons (Fsp3) is 0.321. The quantitative estimate of drug-likeness (QED) is 0.568. The molecular formula is C28H30FN3O3. The van der Waals surface area contributed by atoms with Gasteiger partial charge in [-0.2, -0.15) is 0 Å². The Morgan fingerprint density at radius 2 is 1.80 bits per heavy atom. The van der Waals surface area contributed by atoms with Crippen molar-refractivity contribution in [2.24, 2.45) is 5.92 Å². The van der Waals surface area contributed by atoms with Crippen LogP contribution in [-0.4, -0.2) is 40.9 Å². The number of benzene rings is 2. The van der Waals surface area contributed by atoms with Gasteiger partial charge in [-0.1, -0.05) is 48.0 Å². The monoisotopic (exact) mass is 475 g/mol. The molecule has 1 aliphatic heterocycles. The van der Waals surface area contributed by atoms with Gasteiger partial charge in [-0.3, -0.25) is 14.4 Å². The molecule has 6 nitrogen and oxygen atoms in total. The number of carbonyl (C=O) groups excluding carboxylic acids is 2. The van der Waals surface area contributed by atoms with Crippen LogP contribution >= 0.6 is 0 Å². The smallest absolute Gasteiger partial charge is 0.263 e. The largest absolute Gasteiger partial charge is 0.356 e. The summed E-state index contributed by atoms with van der Waals surface area (Å²) in [4.78, 5) is 40.3. The van der Waals surface area contributed by atoms with Crippen LogP contribution in [0.3, 0.4) is 0 Å². The number of carbonyl (C=O) groups is 2. The van der Waals surface area contributed by atoms with Gasteiger partial charge in [0.15, 0.2) is 0 Å². The highest BCUT2D eigenvalue weighted by Crippen LogP contribution is 2.19. The fourth-order valence-corrected chi connectivity index (χ4v) is 4.51. The zero-order chi connectivity index (χ0) is 24.8. The van der Waals surface area contributed by atoms with E-state index in [0.717, 1.165) is 11.1 Å². The van der Waals surface area contributed by atoms with E-state index in [9.17, 15) is 18.8 Å². The number of hydrogen-bond acceptors (Lipinski definition) is 3. The molecule has 3 aromatic rings. The second-order valence-corrected chi connectivity index (χ2v) is 9.04. The van der Waals surface area contributed by atoms with E-state index in [1.165, 1.54) is 6.07 Å². The topological polar surface area (TPSA) is 71.4 Å². The number of hydrogen-bond donors (Lipinski definition) is 1. The van der Waals surface area contributed by atoms with Crippen molar-refractivity contribution < 1.29 is 14.0 Å². The molecule has 1 aliphatic rings. The lowest BCUT2D eigenvalue weighted by Gasteiger charge is -2.31. The summed E-state index contributed by atoms with van der Waals surface area (Å²) in [5.41, 5.74) is 2.52. The molecule has 1 fully saturated rings. The molecule has 0 radical (unpaired) electrons. The molecule has 0 spiro atoms. The summed E-state index contributed by atoms with van der Waals surface area (Å²) in [6.45, 7) is 3.59. The SMILES string of the molecule is Cc1cccc(Cn2cccc(C(=O)N3CCC(C(=O)NCCc4ccccc4F)CC3)c2=O)c1. The predicted octanol–water partition coefficient (Wildman–Crippen LogP) is 3.56. The second-order valence-electron chi connectivity index (χ2n) is 9.04. The van der Waals surface area contributed by atoms with Gasteiger partial charge < -0.3 is 14.8 Å². The number of halogens is 1. The molecule has 0 aliphatic carbocycles. The summed E-state index contributed by atoms with van der Waals surface area (Å²) in [5, 5.41) is 2.89. The van der Waals surface area contributed by atoms with E-state index in [2.05, 4.69) is 5.32 Å². The van der Waals surface area contributed by atoms with E-state index in [4.69, 9.17) is 0 Å². The molecule has 2 heterocycles. The normalized spacial score (nSPS) is 14.1. The van der Waals surface area contributed by atoms with Crippen molar-refractivity contribution in [3.05, 3.63) is 105 Å². The summed E-state index contributed by atoms with van der Waals surface area (Å²) in [5.74, 6) is -0.846. The van der Waals surface area contributed by atoms with Crippen molar-refractivity contribution in [2.75, 3.05) is 19.6 Å². The zero-order valence-electron chi connectivity index (χ0n) is 19.9. The van der Waals surface area contributed by atoms with Crippen LogP contribution in [0.15, 0.2) is 71.7 Å². The lowest BCUT2D eigenvalue weighted by molar-refractivity contribution is -0.126. The molecule has 0 bridgehead atoms. The van der Waals surface area contributed by atoms with E-state index in [1.54, 1.807) is 46.0 Å². The van der Waals surface area contributed by atoms with Crippen molar-refractivity contribution in [1.82, 2.24) is 14.8 Å². The van der Waals surface area contributed by atoms with E-state index in [-0.39, 0.29) is 34.7 Å². The van der Waals surface area contributed by atoms with E-state index < -0.39 is 0 Å². The molecule has 0 saturated carbocycles. The first-order valence-electron chi connectivity index (χ1n) is 12.0. The van der Waals surface area contributed by atoms with E-state index in [1.807, 2.05) is 31.2 Å². The molecule has 2 amide bonds. The number of piperidine rings is 1. The maximum Gasteiger partial charge on any atom is 0.263 e. The molecular weight excluding hydrogens is 445 g/mol. The summed E-state index contributed by atoms with van der Waals surface area (Å²) in [6, 6.07) is 17.8. The number of aryl methyl sites for hydroxylation is 1. The standard InChI is InChI=1S/C28H30FN3O3/c1-20-6-4-7-21(18-20)19-32-15-5-9-24(28(32)35)27(34)31-16-12-23(13-17-31)26(33)30-14-11-22-8-2-3-10-25(22)29/h2-10,15,18,23H,11-14,16-17,19H2,1H3,(H,30,33). The maximum absolute atomic E-state index is 13.7. The van der Waals surface area contributed by atoms with Crippen LogP contribution in [0.1, 0.15) is 39.9 Å². The molecule has 1 aromatic heterocycles. The average Bonchev–Trinajstić information content (AvgIpc) is 2.86. The summed E-state index contributed by atoms with van der Waals surface area (Å²) >= 11 is 0. The highest BCUT2D eigenvalue weighted by atomic mass is 19.1. The Hall–Kier alpha value is -3.74. The molecule has 2 aromatic carbocycles. The first-order valence-corrected chi connectivity index (χ1v) is 12.0. The van der Waals surface area contributed by atoms with Crippen molar-refractivity contribution in [3.8, 4) is 0 Å². The lowest BCUT2D eigenvalue weighted by atomic mass is 9.95. The molecule has 35 heavy (non-hydrogen) atoms. The van der Waals surface area contributed by atoms with Crippen LogP contribution in [0.5, 0.6) is 0 Å². The molecule has 0 atom stereocenters. The predicted molar refractivity (Wildman–Crippen MR) is 133 cm³/mol. The number of nitrogens with zero attached hydrogens (tertiary/aromatic N) is 2. The minimum absolute atomic E-state index is 0.0753. The second kappa shape index (κ2) is 11.1. The van der Waals surface area contributed by atoms with Crippen LogP contribution in [0.2, 0.25) is 0 Å². The van der Waals surface area contributed by atoms with Gasteiger partial charge in [-0.05, 0) is 55.5 Å². The molecule has 182 valence electrons. The van der Waals surface area contributed by atoms with Gasteiger partial charge in [0.1, 0.15) is 11.4 Å².